The first-order chi connectivity index (χ1) is 7.04. The third-order valence-electron chi connectivity index (χ3n) is 2.20. The molecule has 1 aromatic rings. The Morgan fingerprint density at radius 3 is 2.40 bits per heavy atom. The Morgan fingerprint density at radius 2 is 2.00 bits per heavy atom. The molecule has 0 saturated heterocycles. The molecular formula is C12H19NOS. The molecule has 84 valence electrons. The van der Waals surface area contributed by atoms with Gasteiger partial charge in [0, 0.05) is 12.6 Å². The molecule has 1 aromatic heterocycles. The summed E-state index contributed by atoms with van der Waals surface area (Å²) in [5, 5.41) is 1.20. The molecule has 0 spiro atoms. The molecule has 0 amide bonds. The van der Waals surface area contributed by atoms with Crippen molar-refractivity contribution in [3.8, 4) is 0 Å². The molecule has 0 aliphatic heterocycles. The molecule has 0 atom stereocenters. The van der Waals surface area contributed by atoms with Crippen LogP contribution in [-0.4, -0.2) is 18.9 Å². The van der Waals surface area contributed by atoms with E-state index in [-0.39, 0.29) is 0 Å². The summed E-state index contributed by atoms with van der Waals surface area (Å²) in [7, 11) is 0. The SMILES string of the molecule is CC(C)CN(c1ccc(C=O)s1)C(C)C. The summed E-state index contributed by atoms with van der Waals surface area (Å²) in [5.41, 5.74) is 0. The van der Waals surface area contributed by atoms with Gasteiger partial charge in [-0.3, -0.25) is 4.79 Å². The smallest absolute Gasteiger partial charge is 0.160 e. The van der Waals surface area contributed by atoms with E-state index in [1.807, 2.05) is 12.1 Å². The molecule has 3 heteroatoms. The van der Waals surface area contributed by atoms with Gasteiger partial charge in [-0.25, -0.2) is 0 Å². The summed E-state index contributed by atoms with van der Waals surface area (Å²) in [6, 6.07) is 4.41. The van der Waals surface area contributed by atoms with E-state index in [9.17, 15) is 4.79 Å². The van der Waals surface area contributed by atoms with Crippen LogP contribution >= 0.6 is 11.3 Å². The number of nitrogens with zero attached hydrogens (tertiary/aromatic N) is 1. The standard InChI is InChI=1S/C12H19NOS/c1-9(2)7-13(10(3)4)12-6-5-11(8-14)15-12/h5-6,8-10H,7H2,1-4H3. The van der Waals surface area contributed by atoms with E-state index in [0.29, 0.717) is 12.0 Å². The number of rotatable bonds is 5. The van der Waals surface area contributed by atoms with Crippen LogP contribution in [0.2, 0.25) is 0 Å². The zero-order valence-corrected chi connectivity index (χ0v) is 10.7. The summed E-state index contributed by atoms with van der Waals surface area (Å²) in [4.78, 5) is 13.8. The Hall–Kier alpha value is -0.830. The first-order valence-corrected chi connectivity index (χ1v) is 6.18. The average Bonchev–Trinajstić information content (AvgIpc) is 2.61. The predicted molar refractivity (Wildman–Crippen MR) is 67.0 cm³/mol. The molecule has 0 aliphatic carbocycles. The lowest BCUT2D eigenvalue weighted by atomic mass is 10.2. The van der Waals surface area contributed by atoms with Gasteiger partial charge < -0.3 is 4.90 Å². The van der Waals surface area contributed by atoms with Crippen molar-refractivity contribution in [1.82, 2.24) is 0 Å². The Bertz CT molecular complexity index is 317. The summed E-state index contributed by atoms with van der Waals surface area (Å²) in [6.07, 6.45) is 0.919. The maximum atomic E-state index is 10.6. The van der Waals surface area contributed by atoms with Crippen molar-refractivity contribution in [3.05, 3.63) is 17.0 Å². The van der Waals surface area contributed by atoms with Crippen LogP contribution < -0.4 is 4.90 Å². The van der Waals surface area contributed by atoms with E-state index in [2.05, 4.69) is 32.6 Å². The minimum Gasteiger partial charge on any atom is -0.361 e. The van der Waals surface area contributed by atoms with Crippen molar-refractivity contribution >= 4 is 22.6 Å². The Kier molecular flexibility index (Phi) is 4.33. The van der Waals surface area contributed by atoms with Gasteiger partial charge in [0.1, 0.15) is 0 Å². The van der Waals surface area contributed by atoms with Crippen molar-refractivity contribution in [1.29, 1.82) is 0 Å². The minimum atomic E-state index is 0.477. The van der Waals surface area contributed by atoms with Gasteiger partial charge in [0.05, 0.1) is 9.88 Å². The quantitative estimate of drug-likeness (QED) is 0.716. The lowest BCUT2D eigenvalue weighted by Gasteiger charge is -2.29. The molecule has 0 N–H and O–H groups in total. The topological polar surface area (TPSA) is 20.3 Å². The van der Waals surface area contributed by atoms with Gasteiger partial charge in [0.25, 0.3) is 0 Å². The van der Waals surface area contributed by atoms with Gasteiger partial charge in [-0.2, -0.15) is 0 Å². The molecular weight excluding hydrogens is 206 g/mol. The summed E-state index contributed by atoms with van der Waals surface area (Å²) in [6.45, 7) is 9.83. The van der Waals surface area contributed by atoms with Crippen LogP contribution in [0.1, 0.15) is 37.4 Å². The zero-order valence-electron chi connectivity index (χ0n) is 9.86. The van der Waals surface area contributed by atoms with Gasteiger partial charge in [-0.05, 0) is 31.9 Å². The van der Waals surface area contributed by atoms with Crippen molar-refractivity contribution in [2.75, 3.05) is 11.4 Å². The van der Waals surface area contributed by atoms with Gasteiger partial charge in [-0.15, -0.1) is 11.3 Å². The predicted octanol–water partition coefficient (Wildman–Crippen LogP) is 3.43. The third-order valence-corrected chi connectivity index (χ3v) is 3.24. The normalized spacial score (nSPS) is 11.1. The number of anilines is 1. The number of thiophene rings is 1. The van der Waals surface area contributed by atoms with Crippen molar-refractivity contribution in [2.24, 2.45) is 5.92 Å². The number of aldehydes is 1. The highest BCUT2D eigenvalue weighted by Gasteiger charge is 2.13. The molecule has 1 rings (SSSR count). The summed E-state index contributed by atoms with van der Waals surface area (Å²) < 4.78 is 0. The summed E-state index contributed by atoms with van der Waals surface area (Å²) >= 11 is 1.57. The van der Waals surface area contributed by atoms with Crippen LogP contribution in [0.5, 0.6) is 0 Å². The second-order valence-electron chi connectivity index (χ2n) is 4.43. The van der Waals surface area contributed by atoms with E-state index >= 15 is 0 Å². The lowest BCUT2D eigenvalue weighted by molar-refractivity contribution is 0.112. The Morgan fingerprint density at radius 1 is 1.33 bits per heavy atom. The van der Waals surface area contributed by atoms with Crippen LogP contribution in [0.4, 0.5) is 5.00 Å². The highest BCUT2D eigenvalue weighted by atomic mass is 32.1. The molecule has 1 heterocycles. The first-order valence-electron chi connectivity index (χ1n) is 5.36. The Labute approximate surface area is 95.9 Å². The van der Waals surface area contributed by atoms with Crippen LogP contribution in [-0.2, 0) is 0 Å². The molecule has 0 radical (unpaired) electrons. The average molecular weight is 225 g/mol. The maximum Gasteiger partial charge on any atom is 0.160 e. The largest absolute Gasteiger partial charge is 0.361 e. The monoisotopic (exact) mass is 225 g/mol. The molecule has 0 aliphatic rings. The first kappa shape index (κ1) is 12.2. The number of carbonyl (C=O) groups is 1. The second-order valence-corrected chi connectivity index (χ2v) is 5.53. The third kappa shape index (κ3) is 3.34. The highest BCUT2D eigenvalue weighted by Crippen LogP contribution is 2.27. The zero-order chi connectivity index (χ0) is 11.4. The number of carbonyl (C=O) groups excluding carboxylic acids is 1. The van der Waals surface area contributed by atoms with Gasteiger partial charge in [-0.1, -0.05) is 13.8 Å². The highest BCUT2D eigenvalue weighted by molar-refractivity contribution is 7.17. The molecule has 0 saturated carbocycles. The van der Waals surface area contributed by atoms with Gasteiger partial charge in [0.2, 0.25) is 0 Å². The van der Waals surface area contributed by atoms with Gasteiger partial charge in [0.15, 0.2) is 6.29 Å². The van der Waals surface area contributed by atoms with Gasteiger partial charge >= 0.3 is 0 Å². The molecule has 0 aromatic carbocycles. The number of hydrogen-bond acceptors (Lipinski definition) is 3. The van der Waals surface area contributed by atoms with E-state index in [4.69, 9.17) is 0 Å². The fourth-order valence-corrected chi connectivity index (χ4v) is 2.47. The maximum absolute atomic E-state index is 10.6. The van der Waals surface area contributed by atoms with Crippen LogP contribution in [0.15, 0.2) is 12.1 Å². The fraction of sp³-hybridized carbons (Fsp3) is 0.583. The fourth-order valence-electron chi connectivity index (χ4n) is 1.51. The van der Waals surface area contributed by atoms with Crippen LogP contribution in [0, 0.1) is 5.92 Å². The van der Waals surface area contributed by atoms with E-state index in [0.717, 1.165) is 17.7 Å². The van der Waals surface area contributed by atoms with Crippen LogP contribution in [0.25, 0.3) is 0 Å². The number of hydrogen-bond donors (Lipinski definition) is 0. The summed E-state index contributed by atoms with van der Waals surface area (Å²) in [5.74, 6) is 0.634. The lowest BCUT2D eigenvalue weighted by Crippen LogP contribution is -2.33. The van der Waals surface area contributed by atoms with Crippen molar-refractivity contribution < 1.29 is 4.79 Å². The van der Waals surface area contributed by atoms with E-state index in [1.54, 1.807) is 11.3 Å². The Balaban J connectivity index is 2.83. The molecule has 0 bridgehead atoms. The molecule has 2 nitrogen and oxygen atoms in total. The van der Waals surface area contributed by atoms with Crippen LogP contribution in [0.3, 0.4) is 0 Å². The van der Waals surface area contributed by atoms with E-state index in [1.165, 1.54) is 5.00 Å². The molecule has 0 fully saturated rings. The molecule has 15 heavy (non-hydrogen) atoms. The minimum absolute atomic E-state index is 0.477. The van der Waals surface area contributed by atoms with E-state index < -0.39 is 0 Å². The van der Waals surface area contributed by atoms with Crippen molar-refractivity contribution in [2.45, 2.75) is 33.7 Å². The van der Waals surface area contributed by atoms with Crippen molar-refractivity contribution in [3.63, 3.8) is 0 Å². The second kappa shape index (κ2) is 5.31. The molecule has 0 unspecified atom stereocenters.